The summed E-state index contributed by atoms with van der Waals surface area (Å²) in [7, 11) is 0. The Kier molecular flexibility index (Phi) is 5.65. The predicted molar refractivity (Wildman–Crippen MR) is 73.7 cm³/mol. The van der Waals surface area contributed by atoms with Crippen LogP contribution in [0.3, 0.4) is 0 Å². The molecule has 0 saturated heterocycles. The van der Waals surface area contributed by atoms with E-state index in [-0.39, 0.29) is 19.1 Å². The summed E-state index contributed by atoms with van der Waals surface area (Å²) in [4.78, 5) is 11.9. The molecular weight excluding hydrogens is 250 g/mol. The maximum Gasteiger partial charge on any atom is 0.251 e. The molecule has 0 aromatic heterocycles. The first-order chi connectivity index (χ1) is 8.54. The van der Waals surface area contributed by atoms with E-state index in [0.717, 1.165) is 11.3 Å². The van der Waals surface area contributed by atoms with Crippen LogP contribution in [0.5, 0.6) is 0 Å². The average molecular weight is 269 g/mol. The lowest BCUT2D eigenvalue weighted by molar-refractivity contribution is 0.0724. The minimum absolute atomic E-state index is 0.295. The summed E-state index contributed by atoms with van der Waals surface area (Å²) in [6.07, 6.45) is 2.02. The van der Waals surface area contributed by atoms with Crippen molar-refractivity contribution >= 4 is 17.7 Å². The van der Waals surface area contributed by atoms with Crippen LogP contribution in [0.25, 0.3) is 0 Å². The number of nitrogens with one attached hydrogen (secondary N) is 1. The minimum atomic E-state index is -0.991. The van der Waals surface area contributed by atoms with E-state index in [1.165, 1.54) is 0 Å². The molecule has 0 aliphatic heterocycles. The zero-order valence-electron chi connectivity index (χ0n) is 10.6. The molecule has 3 N–H and O–H groups in total. The first kappa shape index (κ1) is 15.0. The monoisotopic (exact) mass is 269 g/mol. The van der Waals surface area contributed by atoms with Gasteiger partial charge in [0.2, 0.25) is 0 Å². The molecule has 0 spiro atoms. The summed E-state index contributed by atoms with van der Waals surface area (Å²) in [5, 5.41) is 20.9. The van der Waals surface area contributed by atoms with Crippen LogP contribution in [0.1, 0.15) is 22.8 Å². The molecule has 0 atom stereocenters. The zero-order valence-corrected chi connectivity index (χ0v) is 11.5. The molecule has 4 nitrogen and oxygen atoms in total. The molecule has 1 aromatic carbocycles. The smallest absolute Gasteiger partial charge is 0.251 e. The van der Waals surface area contributed by atoms with Crippen molar-refractivity contribution < 1.29 is 15.0 Å². The quantitative estimate of drug-likeness (QED) is 0.721. The number of aliphatic hydroxyl groups is 2. The normalized spacial score (nSPS) is 11.3. The number of aliphatic hydroxyl groups excluding tert-OH is 2. The van der Waals surface area contributed by atoms with Gasteiger partial charge < -0.3 is 15.5 Å². The Morgan fingerprint density at radius 1 is 1.28 bits per heavy atom. The van der Waals surface area contributed by atoms with Crippen molar-refractivity contribution in [1.29, 1.82) is 0 Å². The second kappa shape index (κ2) is 6.78. The topological polar surface area (TPSA) is 69.6 Å². The van der Waals surface area contributed by atoms with Crippen LogP contribution in [-0.4, -0.2) is 41.1 Å². The van der Waals surface area contributed by atoms with Gasteiger partial charge in [-0.25, -0.2) is 0 Å². The van der Waals surface area contributed by atoms with Gasteiger partial charge in [0.15, 0.2) is 0 Å². The fourth-order valence-corrected chi connectivity index (χ4v) is 1.92. The van der Waals surface area contributed by atoms with Crippen LogP contribution in [0.4, 0.5) is 0 Å². The number of amides is 1. The number of hydrogen-bond acceptors (Lipinski definition) is 4. The second-order valence-electron chi connectivity index (χ2n) is 4.46. The van der Waals surface area contributed by atoms with Gasteiger partial charge in [-0.15, -0.1) is 0 Å². The third kappa shape index (κ3) is 4.01. The van der Waals surface area contributed by atoms with Crippen molar-refractivity contribution in [2.45, 2.75) is 18.2 Å². The Labute approximate surface area is 111 Å². The number of rotatable bonds is 6. The van der Waals surface area contributed by atoms with Gasteiger partial charge in [-0.1, -0.05) is 12.1 Å². The van der Waals surface area contributed by atoms with Crippen molar-refractivity contribution in [1.82, 2.24) is 5.32 Å². The average Bonchev–Trinajstić information content (AvgIpc) is 2.39. The molecule has 0 unspecified atom stereocenters. The lowest BCUT2D eigenvalue weighted by atomic mass is 10.0. The lowest BCUT2D eigenvalue weighted by Gasteiger charge is -2.26. The number of benzene rings is 1. The van der Waals surface area contributed by atoms with Crippen molar-refractivity contribution in [2.24, 2.45) is 0 Å². The third-order valence-electron chi connectivity index (χ3n) is 2.64. The maximum absolute atomic E-state index is 11.9. The highest BCUT2D eigenvalue weighted by molar-refractivity contribution is 7.97. The minimum Gasteiger partial charge on any atom is -0.394 e. The summed E-state index contributed by atoms with van der Waals surface area (Å²) in [5.74, 6) is 0.615. The Morgan fingerprint density at radius 2 is 1.83 bits per heavy atom. The largest absolute Gasteiger partial charge is 0.394 e. The van der Waals surface area contributed by atoms with Crippen LogP contribution >= 0.6 is 11.8 Å². The van der Waals surface area contributed by atoms with E-state index in [9.17, 15) is 4.79 Å². The highest BCUT2D eigenvalue weighted by Gasteiger charge is 2.24. The van der Waals surface area contributed by atoms with Crippen LogP contribution in [0.2, 0.25) is 0 Å². The molecule has 1 rings (SSSR count). The van der Waals surface area contributed by atoms with Crippen LogP contribution < -0.4 is 5.32 Å². The Morgan fingerprint density at radius 3 is 2.28 bits per heavy atom. The van der Waals surface area contributed by atoms with Crippen molar-refractivity contribution in [2.75, 3.05) is 19.5 Å². The van der Waals surface area contributed by atoms with Gasteiger partial charge in [0.05, 0.1) is 18.8 Å². The predicted octanol–water partition coefficient (Wildman–Crippen LogP) is 1.02. The van der Waals surface area contributed by atoms with Gasteiger partial charge in [0, 0.05) is 11.3 Å². The van der Waals surface area contributed by atoms with Crippen molar-refractivity contribution in [3.05, 3.63) is 35.4 Å². The van der Waals surface area contributed by atoms with Gasteiger partial charge in [-0.3, -0.25) is 4.79 Å². The lowest BCUT2D eigenvalue weighted by Crippen LogP contribution is -2.51. The molecule has 5 heteroatoms. The van der Waals surface area contributed by atoms with Crippen LogP contribution in [-0.2, 0) is 5.75 Å². The van der Waals surface area contributed by atoms with E-state index >= 15 is 0 Å². The first-order valence-electron chi connectivity index (χ1n) is 5.67. The van der Waals surface area contributed by atoms with Crippen LogP contribution in [0, 0.1) is 0 Å². The highest BCUT2D eigenvalue weighted by atomic mass is 32.2. The molecule has 1 amide bonds. The molecule has 0 aliphatic carbocycles. The second-order valence-corrected chi connectivity index (χ2v) is 5.33. The highest BCUT2D eigenvalue weighted by Crippen LogP contribution is 2.11. The molecule has 0 bridgehead atoms. The van der Waals surface area contributed by atoms with Gasteiger partial charge in [0.25, 0.3) is 5.91 Å². The molecular formula is C13H19NO3S. The molecule has 0 aliphatic rings. The summed E-state index contributed by atoms with van der Waals surface area (Å²) >= 11 is 1.72. The number of carbonyl (C=O) groups is 1. The molecule has 1 aromatic rings. The summed E-state index contributed by atoms with van der Waals surface area (Å²) < 4.78 is 0. The molecule has 0 heterocycles. The van der Waals surface area contributed by atoms with Gasteiger partial charge in [-0.05, 0) is 30.9 Å². The van der Waals surface area contributed by atoms with E-state index in [1.807, 2.05) is 18.4 Å². The molecule has 18 heavy (non-hydrogen) atoms. The van der Waals surface area contributed by atoms with Crippen LogP contribution in [0.15, 0.2) is 24.3 Å². The van der Waals surface area contributed by atoms with E-state index in [0.29, 0.717) is 5.56 Å². The van der Waals surface area contributed by atoms with Crippen molar-refractivity contribution in [3.63, 3.8) is 0 Å². The number of carbonyl (C=O) groups excluding carboxylic acids is 1. The third-order valence-corrected chi connectivity index (χ3v) is 3.26. The van der Waals surface area contributed by atoms with E-state index in [4.69, 9.17) is 10.2 Å². The van der Waals surface area contributed by atoms with E-state index in [1.54, 1.807) is 30.8 Å². The van der Waals surface area contributed by atoms with Crippen molar-refractivity contribution in [3.8, 4) is 0 Å². The fraction of sp³-hybridized carbons (Fsp3) is 0.462. The zero-order chi connectivity index (χ0) is 13.6. The molecule has 0 saturated carbocycles. The fourth-order valence-electron chi connectivity index (χ4n) is 1.39. The SMILES string of the molecule is CSCc1ccc(C(=O)NC(C)(CO)CO)cc1. The summed E-state index contributed by atoms with van der Waals surface area (Å²) in [6, 6.07) is 7.30. The van der Waals surface area contributed by atoms with E-state index in [2.05, 4.69) is 5.32 Å². The molecule has 0 fully saturated rings. The summed E-state index contributed by atoms with van der Waals surface area (Å²) in [5.41, 5.74) is 0.689. The van der Waals surface area contributed by atoms with Gasteiger partial charge in [-0.2, -0.15) is 11.8 Å². The maximum atomic E-state index is 11.9. The van der Waals surface area contributed by atoms with Gasteiger partial charge >= 0.3 is 0 Å². The Hall–Kier alpha value is -1.04. The Balaban J connectivity index is 2.72. The van der Waals surface area contributed by atoms with Gasteiger partial charge in [0.1, 0.15) is 0 Å². The Bertz CT molecular complexity index is 388. The molecule has 0 radical (unpaired) electrons. The van der Waals surface area contributed by atoms with E-state index < -0.39 is 5.54 Å². The standard InChI is InChI=1S/C13H19NO3S/c1-13(8-15,9-16)14-12(17)11-5-3-10(4-6-11)7-18-2/h3-6,15-16H,7-9H2,1-2H3,(H,14,17). The number of hydrogen-bond donors (Lipinski definition) is 3. The summed E-state index contributed by atoms with van der Waals surface area (Å²) in [6.45, 7) is 0.979. The molecule has 100 valence electrons. The number of thioether (sulfide) groups is 1. The first-order valence-corrected chi connectivity index (χ1v) is 7.06.